The van der Waals surface area contributed by atoms with Gasteiger partial charge in [-0.15, -0.1) is 0 Å². The molecule has 0 aliphatic heterocycles. The highest BCUT2D eigenvalue weighted by Crippen LogP contribution is 2.66. The number of methoxy groups -OCH3 is 1. The third-order valence-corrected chi connectivity index (χ3v) is 9.20. The van der Waals surface area contributed by atoms with Crippen LogP contribution in [0.4, 0.5) is 0 Å². The van der Waals surface area contributed by atoms with Crippen molar-refractivity contribution in [1.29, 1.82) is 0 Å². The molecule has 168 valence electrons. The normalized spacial score (nSPS) is 30.2. The van der Waals surface area contributed by atoms with E-state index in [0.717, 1.165) is 23.1 Å². The largest absolute Gasteiger partial charge is 0.496 e. The lowest BCUT2D eigenvalue weighted by Crippen LogP contribution is -2.52. The molecular weight excluding hydrogens is 519 g/mol. The molecule has 5 nitrogen and oxygen atoms in total. The van der Waals surface area contributed by atoms with Crippen LogP contribution < -0.4 is 9.47 Å². The van der Waals surface area contributed by atoms with Crippen LogP contribution in [0.5, 0.6) is 11.5 Å². The Morgan fingerprint density at radius 2 is 1.66 bits per heavy atom. The molecule has 0 amide bonds. The smallest absolute Gasteiger partial charge is 0.343 e. The summed E-state index contributed by atoms with van der Waals surface area (Å²) in [5.41, 5.74) is 2.40. The van der Waals surface area contributed by atoms with E-state index in [1.807, 2.05) is 12.1 Å². The zero-order chi connectivity index (χ0) is 22.6. The van der Waals surface area contributed by atoms with Crippen LogP contribution in [0, 0.1) is 24.7 Å². The van der Waals surface area contributed by atoms with E-state index in [2.05, 4.69) is 22.6 Å². The molecule has 0 saturated heterocycles. The number of hydrogen-bond donors (Lipinski definition) is 1. The molecule has 4 aliphatic rings. The average molecular weight is 546 g/mol. The maximum atomic E-state index is 13.0. The summed E-state index contributed by atoms with van der Waals surface area (Å²) in [4.78, 5) is 24.2. The van der Waals surface area contributed by atoms with Crippen LogP contribution in [0.15, 0.2) is 36.4 Å². The lowest BCUT2D eigenvalue weighted by molar-refractivity contribution is 0.0231. The maximum absolute atomic E-state index is 13.0. The number of carboxylic acid groups (broad SMARTS) is 1. The Balaban J connectivity index is 1.45. The van der Waals surface area contributed by atoms with Crippen molar-refractivity contribution < 1.29 is 24.2 Å². The summed E-state index contributed by atoms with van der Waals surface area (Å²) in [7, 11) is 1.69. The van der Waals surface area contributed by atoms with Crippen LogP contribution >= 0.6 is 22.6 Å². The maximum Gasteiger partial charge on any atom is 0.343 e. The van der Waals surface area contributed by atoms with E-state index in [1.54, 1.807) is 26.2 Å². The van der Waals surface area contributed by atoms with Crippen LogP contribution in [0.3, 0.4) is 0 Å². The Hall–Kier alpha value is -2.09. The van der Waals surface area contributed by atoms with Gasteiger partial charge >= 0.3 is 11.9 Å². The second kappa shape index (κ2) is 8.04. The molecule has 4 fully saturated rings. The van der Waals surface area contributed by atoms with Gasteiger partial charge < -0.3 is 14.6 Å². The first-order valence-corrected chi connectivity index (χ1v) is 12.3. The molecular formula is C26H27IO5. The minimum absolute atomic E-state index is 0.170. The van der Waals surface area contributed by atoms with Crippen LogP contribution in [0.1, 0.15) is 69.9 Å². The molecule has 6 heteroatoms. The Labute approximate surface area is 201 Å². The van der Waals surface area contributed by atoms with Gasteiger partial charge in [-0.05, 0) is 104 Å². The highest BCUT2D eigenvalue weighted by Gasteiger charge is 2.56. The van der Waals surface area contributed by atoms with E-state index in [1.165, 1.54) is 44.2 Å². The molecule has 4 saturated carbocycles. The van der Waals surface area contributed by atoms with Gasteiger partial charge in [-0.3, -0.25) is 0 Å². The molecule has 0 radical (unpaired) electrons. The molecule has 0 heterocycles. The number of aryl methyl sites for hydroxylation is 1. The Morgan fingerprint density at radius 1 is 1.00 bits per heavy atom. The fraction of sp³-hybridized carbons (Fsp3) is 0.462. The number of aromatic carboxylic acids is 1. The molecule has 4 bridgehead atoms. The lowest BCUT2D eigenvalue weighted by atomic mass is 9.50. The summed E-state index contributed by atoms with van der Waals surface area (Å²) in [6, 6.07) is 10.1. The first kappa shape index (κ1) is 21.7. The van der Waals surface area contributed by atoms with Gasteiger partial charge in [0.05, 0.1) is 18.2 Å². The highest BCUT2D eigenvalue weighted by atomic mass is 127. The van der Waals surface area contributed by atoms with E-state index in [0.29, 0.717) is 28.7 Å². The van der Waals surface area contributed by atoms with Gasteiger partial charge in [0.2, 0.25) is 0 Å². The second-order valence-corrected chi connectivity index (χ2v) is 11.9. The van der Waals surface area contributed by atoms with Crippen molar-refractivity contribution in [2.45, 2.75) is 48.4 Å². The van der Waals surface area contributed by atoms with Crippen molar-refractivity contribution >= 4 is 34.5 Å². The Kier molecular flexibility index (Phi) is 5.47. The fourth-order valence-electron chi connectivity index (χ4n) is 6.63. The number of benzene rings is 2. The topological polar surface area (TPSA) is 72.8 Å². The monoisotopic (exact) mass is 546 g/mol. The van der Waals surface area contributed by atoms with Crippen LogP contribution in [-0.2, 0) is 0 Å². The van der Waals surface area contributed by atoms with Crippen molar-refractivity contribution in [2.24, 2.45) is 17.8 Å². The summed E-state index contributed by atoms with van der Waals surface area (Å²) in [5, 5.41) is 9.15. The molecule has 1 N–H and O–H groups in total. The summed E-state index contributed by atoms with van der Waals surface area (Å²) < 4.78 is 11.6. The molecule has 32 heavy (non-hydrogen) atoms. The summed E-state index contributed by atoms with van der Waals surface area (Å²) in [6.45, 7) is 1.74. The van der Waals surface area contributed by atoms with Gasteiger partial charge in [0.15, 0.2) is 0 Å². The highest BCUT2D eigenvalue weighted by molar-refractivity contribution is 14.1. The van der Waals surface area contributed by atoms with Crippen molar-refractivity contribution in [2.75, 3.05) is 7.11 Å². The number of rotatable bonds is 5. The molecule has 0 spiro atoms. The van der Waals surface area contributed by atoms with Crippen molar-refractivity contribution in [3.63, 3.8) is 0 Å². The third-order valence-electron chi connectivity index (χ3n) is 7.65. The number of esters is 1. The third kappa shape index (κ3) is 3.70. The first-order chi connectivity index (χ1) is 15.3. The molecule has 2 aromatic carbocycles. The summed E-state index contributed by atoms with van der Waals surface area (Å²) in [6.07, 6.45) is 6.44. The van der Waals surface area contributed by atoms with Gasteiger partial charge in [-0.2, -0.15) is 0 Å². The minimum atomic E-state index is -1.01. The SMILES string of the molecule is COc1ccc(C(=O)Oc2ccc(C(=O)O)cc2C)cc1C1C2CC3CC(C2)CC1(I)C3. The standard InChI is InChI=1S/C26H27IO5/c1-14-7-17(24(28)29)3-5-21(14)32-25(30)18-4-6-22(31-2)20(11-18)23-19-9-15-8-16(10-19)13-26(23,27)12-15/h3-7,11,15-16,19,23H,8-10,12-13H2,1-2H3,(H,28,29). The molecule has 4 aliphatic carbocycles. The second-order valence-electron chi connectivity index (χ2n) is 9.75. The number of carbonyl (C=O) groups excluding carboxylic acids is 1. The van der Waals surface area contributed by atoms with E-state index in [-0.39, 0.29) is 8.99 Å². The quantitative estimate of drug-likeness (QED) is 0.215. The predicted octanol–water partition coefficient (Wildman–Crippen LogP) is 6.02. The van der Waals surface area contributed by atoms with E-state index < -0.39 is 11.9 Å². The molecule has 6 rings (SSSR count). The van der Waals surface area contributed by atoms with Crippen molar-refractivity contribution in [1.82, 2.24) is 0 Å². The Morgan fingerprint density at radius 3 is 2.25 bits per heavy atom. The molecule has 3 unspecified atom stereocenters. The van der Waals surface area contributed by atoms with E-state index >= 15 is 0 Å². The fourth-order valence-corrected chi connectivity index (χ4v) is 8.72. The lowest BCUT2D eigenvalue weighted by Gasteiger charge is -2.59. The number of carbonyl (C=O) groups is 2. The average Bonchev–Trinajstić information content (AvgIpc) is 2.73. The van der Waals surface area contributed by atoms with Crippen LogP contribution in [0.2, 0.25) is 0 Å². The number of hydrogen-bond acceptors (Lipinski definition) is 4. The number of ether oxygens (including phenoxy) is 2. The van der Waals surface area contributed by atoms with Gasteiger partial charge in [0.1, 0.15) is 11.5 Å². The first-order valence-electron chi connectivity index (χ1n) is 11.2. The number of alkyl halides is 1. The van der Waals surface area contributed by atoms with E-state index in [4.69, 9.17) is 14.6 Å². The van der Waals surface area contributed by atoms with Gasteiger partial charge in [0.25, 0.3) is 0 Å². The van der Waals surface area contributed by atoms with Crippen LogP contribution in [0.25, 0.3) is 0 Å². The minimum Gasteiger partial charge on any atom is -0.496 e. The van der Waals surface area contributed by atoms with Gasteiger partial charge in [-0.1, -0.05) is 22.6 Å². The number of carboxylic acids is 1. The van der Waals surface area contributed by atoms with Gasteiger partial charge in [0, 0.05) is 9.34 Å². The molecule has 3 atom stereocenters. The zero-order valence-electron chi connectivity index (χ0n) is 18.3. The van der Waals surface area contributed by atoms with Crippen LogP contribution in [-0.4, -0.2) is 27.6 Å². The zero-order valence-corrected chi connectivity index (χ0v) is 20.4. The summed E-state index contributed by atoms with van der Waals surface area (Å²) >= 11 is 2.71. The molecule has 0 aromatic heterocycles. The molecule has 2 aromatic rings. The predicted molar refractivity (Wildman–Crippen MR) is 129 cm³/mol. The summed E-state index contributed by atoms with van der Waals surface area (Å²) in [5.74, 6) is 2.49. The van der Waals surface area contributed by atoms with Crippen molar-refractivity contribution in [3.05, 3.63) is 58.7 Å². The Bertz CT molecular complexity index is 1080. The van der Waals surface area contributed by atoms with E-state index in [9.17, 15) is 9.59 Å². The number of halogens is 1. The van der Waals surface area contributed by atoms with Crippen molar-refractivity contribution in [3.8, 4) is 11.5 Å². The van der Waals surface area contributed by atoms with Gasteiger partial charge in [-0.25, -0.2) is 9.59 Å².